The standard InChI is InChI=1S/C12H12BrNO2/c1-14(2)12(15)7-10-6-8-5-9(13)3-4-11(8)16-10/h3-6H,7H2,1-2H3. The molecule has 2 aromatic rings. The molecule has 1 amide bonds. The molecule has 16 heavy (non-hydrogen) atoms. The van der Waals surface area contributed by atoms with Gasteiger partial charge in [0.25, 0.3) is 0 Å². The summed E-state index contributed by atoms with van der Waals surface area (Å²) in [6, 6.07) is 7.69. The SMILES string of the molecule is CN(C)C(=O)Cc1cc2cc(Br)ccc2o1. The average Bonchev–Trinajstić information content (AvgIpc) is 2.58. The Kier molecular flexibility index (Phi) is 3.01. The third kappa shape index (κ3) is 2.27. The zero-order chi connectivity index (χ0) is 11.7. The number of carbonyl (C=O) groups excluding carboxylic acids is 1. The van der Waals surface area contributed by atoms with Crippen molar-refractivity contribution in [2.45, 2.75) is 6.42 Å². The van der Waals surface area contributed by atoms with Crippen molar-refractivity contribution in [3.05, 3.63) is 34.5 Å². The molecule has 0 atom stereocenters. The number of benzene rings is 1. The van der Waals surface area contributed by atoms with E-state index in [4.69, 9.17) is 4.42 Å². The smallest absolute Gasteiger partial charge is 0.229 e. The van der Waals surface area contributed by atoms with Gasteiger partial charge in [-0.25, -0.2) is 0 Å². The van der Waals surface area contributed by atoms with Crippen LogP contribution in [0.25, 0.3) is 11.0 Å². The summed E-state index contributed by atoms with van der Waals surface area (Å²) in [6.45, 7) is 0. The van der Waals surface area contributed by atoms with Crippen molar-refractivity contribution in [2.24, 2.45) is 0 Å². The number of hydrogen-bond acceptors (Lipinski definition) is 2. The Morgan fingerprint density at radius 3 is 2.81 bits per heavy atom. The first-order chi connectivity index (χ1) is 7.56. The Hall–Kier alpha value is -1.29. The zero-order valence-corrected chi connectivity index (χ0v) is 10.7. The van der Waals surface area contributed by atoms with Gasteiger partial charge in [-0.05, 0) is 24.3 Å². The summed E-state index contributed by atoms with van der Waals surface area (Å²) in [7, 11) is 3.48. The summed E-state index contributed by atoms with van der Waals surface area (Å²) in [5.74, 6) is 0.741. The first kappa shape index (κ1) is 11.2. The molecule has 1 heterocycles. The second kappa shape index (κ2) is 4.29. The highest BCUT2D eigenvalue weighted by Crippen LogP contribution is 2.23. The van der Waals surface area contributed by atoms with Crippen LogP contribution in [0.3, 0.4) is 0 Å². The number of fused-ring (bicyclic) bond motifs is 1. The van der Waals surface area contributed by atoms with E-state index in [1.165, 1.54) is 0 Å². The Morgan fingerprint density at radius 2 is 2.12 bits per heavy atom. The molecule has 0 radical (unpaired) electrons. The lowest BCUT2D eigenvalue weighted by molar-refractivity contribution is -0.128. The van der Waals surface area contributed by atoms with Crippen LogP contribution in [-0.2, 0) is 11.2 Å². The number of nitrogens with zero attached hydrogens (tertiary/aromatic N) is 1. The number of carbonyl (C=O) groups is 1. The highest BCUT2D eigenvalue weighted by Gasteiger charge is 2.10. The lowest BCUT2D eigenvalue weighted by atomic mass is 10.2. The maximum atomic E-state index is 11.5. The first-order valence-corrected chi connectivity index (χ1v) is 5.73. The number of rotatable bonds is 2. The molecular formula is C12H12BrNO2. The Bertz CT molecular complexity index is 531. The molecule has 0 N–H and O–H groups in total. The van der Waals surface area contributed by atoms with Crippen molar-refractivity contribution in [3.8, 4) is 0 Å². The van der Waals surface area contributed by atoms with Crippen LogP contribution < -0.4 is 0 Å². The molecule has 0 bridgehead atoms. The van der Waals surface area contributed by atoms with Crippen LogP contribution >= 0.6 is 15.9 Å². The topological polar surface area (TPSA) is 33.5 Å². The largest absolute Gasteiger partial charge is 0.461 e. The van der Waals surface area contributed by atoms with E-state index in [2.05, 4.69) is 15.9 Å². The van der Waals surface area contributed by atoms with Crippen molar-refractivity contribution >= 4 is 32.8 Å². The summed E-state index contributed by atoms with van der Waals surface area (Å²) in [6.07, 6.45) is 0.305. The van der Waals surface area contributed by atoms with E-state index in [0.29, 0.717) is 12.2 Å². The van der Waals surface area contributed by atoms with E-state index >= 15 is 0 Å². The van der Waals surface area contributed by atoms with E-state index in [1.807, 2.05) is 24.3 Å². The third-order valence-corrected chi connectivity index (χ3v) is 2.85. The molecule has 0 saturated heterocycles. The van der Waals surface area contributed by atoms with E-state index in [0.717, 1.165) is 15.4 Å². The van der Waals surface area contributed by atoms with Gasteiger partial charge in [0.2, 0.25) is 5.91 Å². The highest BCUT2D eigenvalue weighted by atomic mass is 79.9. The summed E-state index contributed by atoms with van der Waals surface area (Å²) in [5.41, 5.74) is 0.810. The van der Waals surface area contributed by atoms with Crippen LogP contribution in [0.1, 0.15) is 5.76 Å². The fourth-order valence-electron chi connectivity index (χ4n) is 1.46. The summed E-state index contributed by atoms with van der Waals surface area (Å²) < 4.78 is 6.58. The van der Waals surface area contributed by atoms with Crippen molar-refractivity contribution in [1.82, 2.24) is 4.90 Å². The third-order valence-electron chi connectivity index (χ3n) is 2.35. The molecule has 0 aliphatic rings. The van der Waals surface area contributed by atoms with E-state index in [1.54, 1.807) is 19.0 Å². The molecule has 0 aliphatic heterocycles. The molecule has 1 aromatic heterocycles. The minimum absolute atomic E-state index is 0.0399. The van der Waals surface area contributed by atoms with Crippen molar-refractivity contribution in [3.63, 3.8) is 0 Å². The molecule has 1 aromatic carbocycles. The van der Waals surface area contributed by atoms with Gasteiger partial charge in [-0.1, -0.05) is 15.9 Å². The number of furan rings is 1. The van der Waals surface area contributed by atoms with Gasteiger partial charge in [0.15, 0.2) is 0 Å². The predicted octanol–water partition coefficient (Wildman–Crippen LogP) is 2.83. The molecule has 84 valence electrons. The van der Waals surface area contributed by atoms with Gasteiger partial charge in [0, 0.05) is 24.0 Å². The van der Waals surface area contributed by atoms with Crippen LogP contribution in [0, 0.1) is 0 Å². The monoisotopic (exact) mass is 281 g/mol. The second-order valence-electron chi connectivity index (χ2n) is 3.86. The van der Waals surface area contributed by atoms with Crippen molar-refractivity contribution in [2.75, 3.05) is 14.1 Å². The Morgan fingerprint density at radius 1 is 1.38 bits per heavy atom. The van der Waals surface area contributed by atoms with Crippen molar-refractivity contribution in [1.29, 1.82) is 0 Å². The lowest BCUT2D eigenvalue weighted by Gasteiger charge is -2.07. The van der Waals surface area contributed by atoms with Gasteiger partial charge >= 0.3 is 0 Å². The number of halogens is 1. The maximum absolute atomic E-state index is 11.5. The fraction of sp³-hybridized carbons (Fsp3) is 0.250. The van der Waals surface area contributed by atoms with Crippen LogP contribution in [0.15, 0.2) is 33.2 Å². The normalized spacial score (nSPS) is 10.7. The van der Waals surface area contributed by atoms with Crippen LogP contribution in [0.2, 0.25) is 0 Å². The zero-order valence-electron chi connectivity index (χ0n) is 9.16. The summed E-state index contributed by atoms with van der Waals surface area (Å²) in [4.78, 5) is 13.1. The Labute approximate surface area is 102 Å². The molecule has 0 unspecified atom stereocenters. The van der Waals surface area contributed by atoms with Crippen LogP contribution in [0.4, 0.5) is 0 Å². The van der Waals surface area contributed by atoms with Crippen LogP contribution in [-0.4, -0.2) is 24.9 Å². The molecule has 3 nitrogen and oxygen atoms in total. The predicted molar refractivity (Wildman–Crippen MR) is 66.3 cm³/mol. The van der Waals surface area contributed by atoms with E-state index in [-0.39, 0.29) is 5.91 Å². The molecule has 0 aliphatic carbocycles. The molecule has 0 saturated carbocycles. The van der Waals surface area contributed by atoms with E-state index < -0.39 is 0 Å². The van der Waals surface area contributed by atoms with Gasteiger partial charge < -0.3 is 9.32 Å². The summed E-state index contributed by atoms with van der Waals surface area (Å²) in [5, 5.41) is 1.01. The minimum Gasteiger partial charge on any atom is -0.461 e. The maximum Gasteiger partial charge on any atom is 0.229 e. The fourth-order valence-corrected chi connectivity index (χ4v) is 1.84. The van der Waals surface area contributed by atoms with E-state index in [9.17, 15) is 4.79 Å². The van der Waals surface area contributed by atoms with Gasteiger partial charge in [0.1, 0.15) is 11.3 Å². The average molecular weight is 282 g/mol. The molecule has 0 fully saturated rings. The van der Waals surface area contributed by atoms with Crippen molar-refractivity contribution < 1.29 is 9.21 Å². The number of amides is 1. The number of hydrogen-bond donors (Lipinski definition) is 0. The quantitative estimate of drug-likeness (QED) is 0.848. The van der Waals surface area contributed by atoms with Gasteiger partial charge in [-0.2, -0.15) is 0 Å². The van der Waals surface area contributed by atoms with Crippen LogP contribution in [0.5, 0.6) is 0 Å². The molecule has 2 rings (SSSR count). The second-order valence-corrected chi connectivity index (χ2v) is 4.78. The lowest BCUT2D eigenvalue weighted by Crippen LogP contribution is -2.23. The minimum atomic E-state index is 0.0399. The molecule has 0 spiro atoms. The van der Waals surface area contributed by atoms with Gasteiger partial charge in [0.05, 0.1) is 6.42 Å². The van der Waals surface area contributed by atoms with Gasteiger partial charge in [-0.3, -0.25) is 4.79 Å². The first-order valence-electron chi connectivity index (χ1n) is 4.94. The Balaban J connectivity index is 2.29. The number of likely N-dealkylation sites (N-methyl/N-ethyl adjacent to an activating group) is 1. The highest BCUT2D eigenvalue weighted by molar-refractivity contribution is 9.10. The van der Waals surface area contributed by atoms with Gasteiger partial charge in [-0.15, -0.1) is 0 Å². The molecule has 4 heteroatoms. The summed E-state index contributed by atoms with van der Waals surface area (Å²) >= 11 is 3.40. The molecular weight excluding hydrogens is 270 g/mol.